The van der Waals surface area contributed by atoms with Crippen molar-refractivity contribution in [3.63, 3.8) is 0 Å². The lowest BCUT2D eigenvalue weighted by Crippen LogP contribution is -2.41. The number of carbonyl (C=O) groups is 3. The minimum atomic E-state index is -3.98. The van der Waals surface area contributed by atoms with Crippen LogP contribution in [0.3, 0.4) is 0 Å². The van der Waals surface area contributed by atoms with Crippen LogP contribution >= 0.6 is 0 Å². The summed E-state index contributed by atoms with van der Waals surface area (Å²) >= 11 is 0. The minimum absolute atomic E-state index is 0.0165. The molecule has 9 nitrogen and oxygen atoms in total. The molecule has 2 aliphatic rings. The van der Waals surface area contributed by atoms with E-state index >= 15 is 0 Å². The molecule has 3 aromatic rings. The van der Waals surface area contributed by atoms with Crippen LogP contribution in [0.1, 0.15) is 55.3 Å². The molecule has 2 N–H and O–H groups in total. The van der Waals surface area contributed by atoms with Gasteiger partial charge in [-0.2, -0.15) is 0 Å². The molecule has 3 amide bonds. The highest BCUT2D eigenvalue weighted by atomic mass is 32.2. The Morgan fingerprint density at radius 2 is 1.62 bits per heavy atom. The van der Waals surface area contributed by atoms with E-state index in [2.05, 4.69) is 10.9 Å². The summed E-state index contributed by atoms with van der Waals surface area (Å²) in [5.41, 5.74) is 7.65. The van der Waals surface area contributed by atoms with Crippen molar-refractivity contribution in [2.75, 3.05) is 0 Å². The number of sulfonamides is 1. The third-order valence-electron chi connectivity index (χ3n) is 6.07. The normalized spacial score (nSPS) is 16.3. The second-order valence-electron chi connectivity index (χ2n) is 8.41. The molecule has 174 valence electrons. The zero-order valence-corrected chi connectivity index (χ0v) is 19.3. The molecule has 2 aromatic carbocycles. The Bertz CT molecular complexity index is 1460. The fourth-order valence-electron chi connectivity index (χ4n) is 4.28. The van der Waals surface area contributed by atoms with E-state index in [1.165, 1.54) is 18.2 Å². The van der Waals surface area contributed by atoms with Crippen LogP contribution in [-0.2, 0) is 10.0 Å². The fourth-order valence-corrected chi connectivity index (χ4v) is 6.12. The number of aryl methyl sites for hydroxylation is 1. The van der Waals surface area contributed by atoms with Crippen LogP contribution in [-0.4, -0.2) is 41.1 Å². The highest BCUT2D eigenvalue weighted by Crippen LogP contribution is 2.39. The van der Waals surface area contributed by atoms with Gasteiger partial charge in [0.1, 0.15) is 4.90 Å². The van der Waals surface area contributed by atoms with Crippen molar-refractivity contribution in [1.82, 2.24) is 19.7 Å². The number of aromatic nitrogens is 1. The fraction of sp³-hybridized carbons (Fsp3) is 0.208. The number of hydrogen-bond acceptors (Lipinski definition) is 5. The average Bonchev–Trinajstić information content (AvgIpc) is 3.57. The zero-order chi connectivity index (χ0) is 24.2. The molecule has 1 fully saturated rings. The number of fused-ring (bicyclic) bond motifs is 1. The smallest absolute Gasteiger partial charge is 0.271 e. The van der Waals surface area contributed by atoms with Gasteiger partial charge >= 0.3 is 0 Å². The van der Waals surface area contributed by atoms with E-state index < -0.39 is 27.7 Å². The molecule has 0 unspecified atom stereocenters. The molecule has 0 saturated heterocycles. The number of carbonyl (C=O) groups excluding carboxylic acids is 3. The predicted octanol–water partition coefficient (Wildman–Crippen LogP) is 2.48. The van der Waals surface area contributed by atoms with Gasteiger partial charge in [0, 0.05) is 28.7 Å². The number of hydrogen-bond donors (Lipinski definition) is 2. The van der Waals surface area contributed by atoms with E-state index in [0.29, 0.717) is 24.1 Å². The number of nitrogens with zero attached hydrogens (tertiary/aromatic N) is 2. The molecule has 1 aromatic heterocycles. The molecule has 2 heterocycles. The van der Waals surface area contributed by atoms with E-state index in [9.17, 15) is 22.8 Å². The third-order valence-corrected chi connectivity index (χ3v) is 7.94. The Balaban J connectivity index is 1.33. The molecule has 34 heavy (non-hydrogen) atoms. The lowest BCUT2D eigenvalue weighted by Gasteiger charge is -2.13. The molecule has 0 spiro atoms. The summed E-state index contributed by atoms with van der Waals surface area (Å²) in [5.74, 6) is -1.76. The molecule has 1 aliphatic heterocycles. The van der Waals surface area contributed by atoms with Crippen molar-refractivity contribution < 1.29 is 22.8 Å². The first-order valence-electron chi connectivity index (χ1n) is 10.8. The van der Waals surface area contributed by atoms with Crippen molar-refractivity contribution in [3.05, 3.63) is 82.7 Å². The molecule has 10 heteroatoms. The number of benzene rings is 2. The number of nitrogens with one attached hydrogen (secondary N) is 2. The highest BCUT2D eigenvalue weighted by Gasteiger charge is 2.48. The van der Waals surface area contributed by atoms with Crippen LogP contribution in [0.4, 0.5) is 0 Å². The van der Waals surface area contributed by atoms with Gasteiger partial charge in [-0.3, -0.25) is 25.2 Å². The van der Waals surface area contributed by atoms with Crippen molar-refractivity contribution in [3.8, 4) is 5.69 Å². The van der Waals surface area contributed by atoms with Gasteiger partial charge in [0.15, 0.2) is 0 Å². The molecular weight excluding hydrogens is 456 g/mol. The van der Waals surface area contributed by atoms with Crippen molar-refractivity contribution in [2.45, 2.75) is 37.6 Å². The molecule has 0 bridgehead atoms. The summed E-state index contributed by atoms with van der Waals surface area (Å²) in [7, 11) is -3.98. The van der Waals surface area contributed by atoms with Gasteiger partial charge < -0.3 is 4.57 Å². The molecule has 1 aliphatic carbocycles. The maximum absolute atomic E-state index is 12.8. The Kier molecular flexibility index (Phi) is 5.05. The summed E-state index contributed by atoms with van der Waals surface area (Å²) in [6.07, 6.45) is 1.28. The lowest BCUT2D eigenvalue weighted by atomic mass is 10.1. The Morgan fingerprint density at radius 3 is 2.29 bits per heavy atom. The van der Waals surface area contributed by atoms with E-state index in [4.69, 9.17) is 0 Å². The Hall–Kier alpha value is -3.92. The van der Waals surface area contributed by atoms with Crippen LogP contribution in [0.2, 0.25) is 0 Å². The van der Waals surface area contributed by atoms with Crippen molar-refractivity contribution in [1.29, 1.82) is 0 Å². The van der Waals surface area contributed by atoms with Crippen LogP contribution in [0.25, 0.3) is 5.69 Å². The molecular formula is C24H22N4O5S. The van der Waals surface area contributed by atoms with E-state index in [1.54, 1.807) is 6.07 Å². The predicted molar refractivity (Wildman–Crippen MR) is 123 cm³/mol. The van der Waals surface area contributed by atoms with Gasteiger partial charge in [-0.05, 0) is 63.1 Å². The van der Waals surface area contributed by atoms with Crippen molar-refractivity contribution in [2.24, 2.45) is 0 Å². The first kappa shape index (κ1) is 21.9. The molecule has 0 atom stereocenters. The monoisotopic (exact) mass is 478 g/mol. The summed E-state index contributed by atoms with van der Waals surface area (Å²) in [4.78, 5) is 37.7. The first-order valence-corrected chi connectivity index (χ1v) is 12.2. The number of hydrazine groups is 1. The lowest BCUT2D eigenvalue weighted by molar-refractivity contribution is 0.0846. The van der Waals surface area contributed by atoms with Gasteiger partial charge in [-0.25, -0.2) is 12.7 Å². The van der Waals surface area contributed by atoms with Gasteiger partial charge in [0.25, 0.3) is 27.7 Å². The standard InChI is InChI=1S/C24H22N4O5S/c1-14-12-20(15(2)27(14)17-6-4-3-5-7-17)23(30)26-25-22(29)16-8-11-19-21(13-16)34(32,33)28(24(19)31)18-9-10-18/h3-8,11-13,18H,9-10H2,1-2H3,(H,25,29)(H,26,30). The SMILES string of the molecule is Cc1cc(C(=O)NNC(=O)c2ccc3c(c2)S(=O)(=O)N(C2CC2)C3=O)c(C)n1-c1ccccc1. The Morgan fingerprint density at radius 1 is 0.941 bits per heavy atom. The van der Waals surface area contributed by atoms with Crippen LogP contribution in [0.5, 0.6) is 0 Å². The van der Waals surface area contributed by atoms with Gasteiger partial charge in [0.2, 0.25) is 0 Å². The number of rotatable bonds is 4. The quantitative estimate of drug-likeness (QED) is 0.559. The van der Waals surface area contributed by atoms with Crippen LogP contribution < -0.4 is 10.9 Å². The zero-order valence-electron chi connectivity index (χ0n) is 18.5. The minimum Gasteiger partial charge on any atom is -0.318 e. The number of para-hydroxylation sites is 1. The summed E-state index contributed by atoms with van der Waals surface area (Å²) < 4.78 is 28.4. The molecule has 0 radical (unpaired) electrons. The average molecular weight is 479 g/mol. The van der Waals surface area contributed by atoms with E-state index in [-0.39, 0.29) is 22.1 Å². The topological polar surface area (TPSA) is 118 Å². The third kappa shape index (κ3) is 3.47. The molecule has 5 rings (SSSR count). The van der Waals surface area contributed by atoms with Gasteiger partial charge in [-0.1, -0.05) is 18.2 Å². The summed E-state index contributed by atoms with van der Waals surface area (Å²) in [6, 6.07) is 14.9. The van der Waals surface area contributed by atoms with Crippen LogP contribution in [0, 0.1) is 13.8 Å². The van der Waals surface area contributed by atoms with Gasteiger partial charge in [0.05, 0.1) is 11.1 Å². The van der Waals surface area contributed by atoms with E-state index in [1.807, 2.05) is 48.7 Å². The Labute approximate surface area is 196 Å². The highest BCUT2D eigenvalue weighted by molar-refractivity contribution is 7.90. The maximum Gasteiger partial charge on any atom is 0.271 e. The second-order valence-corrected chi connectivity index (χ2v) is 10.2. The molecule has 1 saturated carbocycles. The van der Waals surface area contributed by atoms with Crippen molar-refractivity contribution >= 4 is 27.7 Å². The second kappa shape index (κ2) is 7.84. The number of amides is 3. The maximum atomic E-state index is 12.8. The summed E-state index contributed by atoms with van der Waals surface area (Å²) in [6.45, 7) is 3.69. The largest absolute Gasteiger partial charge is 0.318 e. The first-order chi connectivity index (χ1) is 16.2. The van der Waals surface area contributed by atoms with Crippen LogP contribution in [0.15, 0.2) is 59.5 Å². The summed E-state index contributed by atoms with van der Waals surface area (Å²) in [5, 5.41) is 0. The van der Waals surface area contributed by atoms with Gasteiger partial charge in [-0.15, -0.1) is 0 Å². The van der Waals surface area contributed by atoms with E-state index in [0.717, 1.165) is 15.7 Å².